The molecule has 0 aromatic heterocycles. The predicted molar refractivity (Wildman–Crippen MR) is 88.9 cm³/mol. The number of carbonyl (C=O) groups excluding carboxylic acids is 2. The minimum atomic E-state index is -0.376. The smallest absolute Gasteiger partial charge is 0.285 e. The van der Waals surface area contributed by atoms with Gasteiger partial charge in [-0.15, -0.1) is 5.06 Å². The van der Waals surface area contributed by atoms with Crippen LogP contribution in [0.5, 0.6) is 5.75 Å². The van der Waals surface area contributed by atoms with Gasteiger partial charge in [0.2, 0.25) is 0 Å². The van der Waals surface area contributed by atoms with Gasteiger partial charge < -0.3 is 4.74 Å². The number of allylic oxidation sites excluding steroid dienone is 1. The average Bonchev–Trinajstić information content (AvgIpc) is 2.77. The van der Waals surface area contributed by atoms with Gasteiger partial charge in [-0.2, -0.15) is 0 Å². The van der Waals surface area contributed by atoms with Crippen LogP contribution in [0.4, 0.5) is 0 Å². The van der Waals surface area contributed by atoms with Gasteiger partial charge in [0.05, 0.1) is 5.57 Å². The third-order valence-corrected chi connectivity index (χ3v) is 3.74. The number of hydroxylamine groups is 2. The number of nitrogens with zero attached hydrogens (tertiary/aromatic N) is 1. The Kier molecular flexibility index (Phi) is 4.28. The Morgan fingerprint density at radius 1 is 1.08 bits per heavy atom. The van der Waals surface area contributed by atoms with Crippen molar-refractivity contribution < 1.29 is 19.2 Å². The molecule has 0 radical (unpaired) electrons. The van der Waals surface area contributed by atoms with Crippen LogP contribution < -0.4 is 4.74 Å². The predicted octanol–water partition coefficient (Wildman–Crippen LogP) is 3.31. The van der Waals surface area contributed by atoms with Crippen LogP contribution in [0, 0.1) is 0 Å². The molecule has 1 aromatic rings. The molecule has 1 aliphatic carbocycles. The minimum Gasteiger partial charge on any atom is -0.488 e. The van der Waals surface area contributed by atoms with Gasteiger partial charge in [-0.3, -0.25) is 14.4 Å². The van der Waals surface area contributed by atoms with E-state index in [4.69, 9.17) is 9.57 Å². The van der Waals surface area contributed by atoms with Gasteiger partial charge >= 0.3 is 0 Å². The van der Waals surface area contributed by atoms with Gasteiger partial charge in [-0.05, 0) is 51.3 Å². The first-order valence-electron chi connectivity index (χ1n) is 8.04. The highest BCUT2D eigenvalue weighted by Crippen LogP contribution is 2.29. The van der Waals surface area contributed by atoms with Gasteiger partial charge in [0, 0.05) is 5.57 Å². The van der Waals surface area contributed by atoms with Crippen LogP contribution in [-0.2, 0) is 21.0 Å². The third-order valence-electron chi connectivity index (χ3n) is 3.74. The Morgan fingerprint density at radius 3 is 2.42 bits per heavy atom. The highest BCUT2D eigenvalue weighted by molar-refractivity contribution is 6.20. The van der Waals surface area contributed by atoms with E-state index in [1.807, 2.05) is 51.1 Å². The fourth-order valence-electron chi connectivity index (χ4n) is 2.67. The lowest BCUT2D eigenvalue weighted by atomic mass is 10.00. The van der Waals surface area contributed by atoms with Gasteiger partial charge in [0.15, 0.2) is 0 Å². The summed E-state index contributed by atoms with van der Waals surface area (Å²) in [6.07, 6.45) is 4.98. The van der Waals surface area contributed by atoms with Crippen molar-refractivity contribution in [2.75, 3.05) is 0 Å². The Bertz CT molecular complexity index is 723. The molecule has 0 bridgehead atoms. The minimum absolute atomic E-state index is 0.150. The van der Waals surface area contributed by atoms with Crippen molar-refractivity contribution in [1.29, 1.82) is 0 Å². The highest BCUT2D eigenvalue weighted by atomic mass is 16.7. The van der Waals surface area contributed by atoms with Gasteiger partial charge in [-0.25, -0.2) is 0 Å². The zero-order valence-electron chi connectivity index (χ0n) is 14.2. The number of carbonyl (C=O) groups is 2. The van der Waals surface area contributed by atoms with Crippen LogP contribution in [0.25, 0.3) is 0 Å². The van der Waals surface area contributed by atoms with Crippen molar-refractivity contribution in [1.82, 2.24) is 5.06 Å². The van der Waals surface area contributed by atoms with E-state index in [-0.39, 0.29) is 24.0 Å². The maximum Gasteiger partial charge on any atom is 0.285 e. The molecule has 2 amide bonds. The molecular weight excluding hydrogens is 306 g/mol. The molecule has 1 aromatic carbocycles. The molecule has 0 saturated heterocycles. The van der Waals surface area contributed by atoms with Crippen LogP contribution in [-0.4, -0.2) is 22.5 Å². The Hall–Kier alpha value is -2.40. The first kappa shape index (κ1) is 16.5. The third kappa shape index (κ3) is 3.41. The van der Waals surface area contributed by atoms with Gasteiger partial charge in [-0.1, -0.05) is 24.3 Å². The fourth-order valence-corrected chi connectivity index (χ4v) is 2.67. The first-order chi connectivity index (χ1) is 11.3. The van der Waals surface area contributed by atoms with E-state index < -0.39 is 0 Å². The van der Waals surface area contributed by atoms with Crippen LogP contribution in [0.3, 0.4) is 0 Å². The van der Waals surface area contributed by atoms with Crippen molar-refractivity contribution in [3.63, 3.8) is 0 Å². The molecule has 1 aliphatic heterocycles. The molecule has 0 atom stereocenters. The summed E-state index contributed by atoms with van der Waals surface area (Å²) in [4.78, 5) is 29.9. The second kappa shape index (κ2) is 6.24. The molecule has 5 nitrogen and oxygen atoms in total. The summed E-state index contributed by atoms with van der Waals surface area (Å²) < 4.78 is 5.76. The quantitative estimate of drug-likeness (QED) is 0.796. The molecule has 0 spiro atoms. The van der Waals surface area contributed by atoms with Gasteiger partial charge in [0.25, 0.3) is 11.8 Å². The Morgan fingerprint density at radius 2 is 1.79 bits per heavy atom. The summed E-state index contributed by atoms with van der Waals surface area (Å²) in [7, 11) is 0. The average molecular weight is 327 g/mol. The molecule has 0 saturated carbocycles. The summed E-state index contributed by atoms with van der Waals surface area (Å²) in [5.74, 6) is 0.0486. The lowest BCUT2D eigenvalue weighted by molar-refractivity contribution is -0.190. The number of hydrogen-bond acceptors (Lipinski definition) is 4. The highest BCUT2D eigenvalue weighted by Gasteiger charge is 2.38. The Balaban J connectivity index is 1.61. The number of amides is 2. The monoisotopic (exact) mass is 327 g/mol. The fraction of sp³-hybridized carbons (Fsp3) is 0.368. The summed E-state index contributed by atoms with van der Waals surface area (Å²) in [5, 5.41) is 0.875. The first-order valence-corrected chi connectivity index (χ1v) is 8.04. The lowest BCUT2D eigenvalue weighted by Gasteiger charge is -2.21. The number of ether oxygens (including phenoxy) is 1. The van der Waals surface area contributed by atoms with Crippen LogP contribution in [0.2, 0.25) is 0 Å². The molecule has 5 heteroatoms. The maximum absolute atomic E-state index is 12.3. The maximum atomic E-state index is 12.3. The molecule has 1 heterocycles. The number of benzene rings is 1. The van der Waals surface area contributed by atoms with E-state index in [0.29, 0.717) is 17.6 Å². The second-order valence-electron chi connectivity index (χ2n) is 6.87. The topological polar surface area (TPSA) is 55.8 Å². The van der Waals surface area contributed by atoms with Crippen molar-refractivity contribution in [2.45, 2.75) is 45.8 Å². The SMILES string of the molecule is CC(C)(C)Oc1ccc(CON2C(=O)C3=C(CCC=C3)C2=O)cc1. The lowest BCUT2D eigenvalue weighted by Crippen LogP contribution is -2.31. The van der Waals surface area contributed by atoms with Crippen molar-refractivity contribution in [3.05, 3.63) is 53.1 Å². The number of rotatable bonds is 4. The van der Waals surface area contributed by atoms with E-state index in [1.54, 1.807) is 6.08 Å². The van der Waals surface area contributed by atoms with Crippen LogP contribution >= 0.6 is 0 Å². The Labute approximate surface area is 141 Å². The van der Waals surface area contributed by atoms with E-state index in [0.717, 1.165) is 22.8 Å². The van der Waals surface area contributed by atoms with Crippen molar-refractivity contribution in [3.8, 4) is 5.75 Å². The second-order valence-corrected chi connectivity index (χ2v) is 6.87. The van der Waals surface area contributed by atoms with E-state index >= 15 is 0 Å². The zero-order valence-corrected chi connectivity index (χ0v) is 14.2. The summed E-state index contributed by atoms with van der Waals surface area (Å²) in [5.41, 5.74) is 1.61. The van der Waals surface area contributed by atoms with E-state index in [1.165, 1.54) is 0 Å². The van der Waals surface area contributed by atoms with Crippen LogP contribution in [0.1, 0.15) is 39.2 Å². The molecule has 0 N–H and O–H groups in total. The molecule has 0 unspecified atom stereocenters. The summed E-state index contributed by atoms with van der Waals surface area (Å²) in [6, 6.07) is 7.42. The van der Waals surface area contributed by atoms with Crippen LogP contribution in [0.15, 0.2) is 47.6 Å². The normalized spacial score (nSPS) is 17.5. The summed E-state index contributed by atoms with van der Waals surface area (Å²) >= 11 is 0. The zero-order chi connectivity index (χ0) is 17.3. The standard InChI is InChI=1S/C19H21NO4/c1-19(2,3)24-14-10-8-13(9-11-14)12-23-20-17(21)15-6-4-5-7-16(15)18(20)22/h4,6,8-11H,5,7,12H2,1-3H3. The molecular formula is C19H21NO4. The van der Waals surface area contributed by atoms with E-state index in [9.17, 15) is 9.59 Å². The van der Waals surface area contributed by atoms with Gasteiger partial charge in [0.1, 0.15) is 18.0 Å². The molecule has 3 rings (SSSR count). The number of hydrogen-bond donors (Lipinski definition) is 0. The summed E-state index contributed by atoms with van der Waals surface area (Å²) in [6.45, 7) is 6.10. The molecule has 2 aliphatic rings. The number of imide groups is 1. The van der Waals surface area contributed by atoms with E-state index in [2.05, 4.69) is 0 Å². The van der Waals surface area contributed by atoms with Crippen molar-refractivity contribution in [2.24, 2.45) is 0 Å². The largest absolute Gasteiger partial charge is 0.488 e. The van der Waals surface area contributed by atoms with Crippen molar-refractivity contribution >= 4 is 11.8 Å². The molecule has 126 valence electrons. The molecule has 24 heavy (non-hydrogen) atoms. The molecule has 0 fully saturated rings.